The smallest absolute Gasteiger partial charge is 0.269 e. The summed E-state index contributed by atoms with van der Waals surface area (Å²) in [6.45, 7) is 22.0. The third kappa shape index (κ3) is 9.99. The fourth-order valence-electron chi connectivity index (χ4n) is 5.17. The van der Waals surface area contributed by atoms with Gasteiger partial charge in [0, 0.05) is 56.6 Å². The first-order valence-corrected chi connectivity index (χ1v) is 14.2. The first-order chi connectivity index (χ1) is 19.3. The number of aliphatic hydroxyl groups excluding tert-OH is 1. The summed E-state index contributed by atoms with van der Waals surface area (Å²) in [5.74, 6) is -0.733. The molecule has 0 aliphatic carbocycles. The van der Waals surface area contributed by atoms with Gasteiger partial charge in [-0.3, -0.25) is 9.69 Å². The van der Waals surface area contributed by atoms with Crippen LogP contribution in [-0.2, 0) is 29.2 Å². The Morgan fingerprint density at radius 1 is 1.15 bits per heavy atom. The highest BCUT2D eigenvalue weighted by molar-refractivity contribution is 5.79. The molecular weight excluding hydrogens is 519 g/mol. The highest BCUT2D eigenvalue weighted by Crippen LogP contribution is 2.30. The number of hydrogen-bond donors (Lipinski definition) is 3. The molecule has 8 heteroatoms. The maximum Gasteiger partial charge on any atom is 0.269 e. The Balaban J connectivity index is 0.00000138. The number of likely N-dealkylation sites (N-methyl/N-ethyl adjacent to an activating group) is 1. The van der Waals surface area contributed by atoms with E-state index in [2.05, 4.69) is 63.3 Å². The highest BCUT2D eigenvalue weighted by Gasteiger charge is 2.38. The average molecular weight is 569 g/mol. The fourth-order valence-corrected chi connectivity index (χ4v) is 5.17. The molecule has 1 atom stereocenters. The lowest BCUT2D eigenvalue weighted by Crippen LogP contribution is -2.56. The van der Waals surface area contributed by atoms with Crippen molar-refractivity contribution in [2.75, 3.05) is 25.5 Å². The van der Waals surface area contributed by atoms with E-state index in [0.717, 1.165) is 36.3 Å². The molecule has 2 aromatic rings. The van der Waals surface area contributed by atoms with Gasteiger partial charge in [0.05, 0.1) is 11.2 Å². The SMILES string of the molecule is C=CCC.C=CN(Cc1c(C)cccc1NCc1cccc(CN2CC(C)(C)OC(C)(C)C2)c1F)C(O)C(=O)NC. The Hall–Kier alpha value is -3.20. The molecule has 3 N–H and O–H groups in total. The molecule has 1 aliphatic rings. The maximum absolute atomic E-state index is 15.6. The lowest BCUT2D eigenvalue weighted by molar-refractivity contribution is -0.182. The predicted molar refractivity (Wildman–Crippen MR) is 166 cm³/mol. The second-order valence-corrected chi connectivity index (χ2v) is 11.7. The molecule has 1 saturated heterocycles. The summed E-state index contributed by atoms with van der Waals surface area (Å²) in [5.41, 5.74) is 3.30. The summed E-state index contributed by atoms with van der Waals surface area (Å²) in [4.78, 5) is 15.7. The third-order valence-corrected chi connectivity index (χ3v) is 6.85. The molecule has 1 amide bonds. The number of aliphatic hydroxyl groups is 1. The van der Waals surface area contributed by atoms with Crippen LogP contribution in [0.5, 0.6) is 0 Å². The number of carbonyl (C=O) groups is 1. The number of rotatable bonds is 11. The summed E-state index contributed by atoms with van der Waals surface area (Å²) < 4.78 is 21.8. The molecule has 226 valence electrons. The van der Waals surface area contributed by atoms with E-state index in [-0.39, 0.29) is 23.6 Å². The van der Waals surface area contributed by atoms with E-state index < -0.39 is 12.1 Å². The van der Waals surface area contributed by atoms with Crippen LogP contribution < -0.4 is 10.6 Å². The van der Waals surface area contributed by atoms with E-state index in [1.165, 1.54) is 18.1 Å². The van der Waals surface area contributed by atoms with Crippen LogP contribution in [0.15, 0.2) is 61.8 Å². The van der Waals surface area contributed by atoms with E-state index in [1.807, 2.05) is 43.3 Å². The van der Waals surface area contributed by atoms with Crippen LogP contribution in [0.4, 0.5) is 10.1 Å². The van der Waals surface area contributed by atoms with Crippen molar-refractivity contribution in [2.45, 2.75) is 85.0 Å². The van der Waals surface area contributed by atoms with Gasteiger partial charge in [0.1, 0.15) is 5.82 Å². The molecule has 1 unspecified atom stereocenters. The second kappa shape index (κ2) is 15.1. The topological polar surface area (TPSA) is 77.1 Å². The number of amides is 1. The van der Waals surface area contributed by atoms with Gasteiger partial charge in [-0.2, -0.15) is 0 Å². The molecule has 0 spiro atoms. The minimum Gasteiger partial charge on any atom is -0.381 e. The van der Waals surface area contributed by atoms with Gasteiger partial charge in [0.15, 0.2) is 0 Å². The molecule has 0 radical (unpaired) electrons. The van der Waals surface area contributed by atoms with Crippen molar-refractivity contribution in [3.63, 3.8) is 0 Å². The maximum atomic E-state index is 15.6. The van der Waals surface area contributed by atoms with Crippen molar-refractivity contribution in [3.8, 4) is 0 Å². The van der Waals surface area contributed by atoms with E-state index in [1.54, 1.807) is 6.07 Å². The van der Waals surface area contributed by atoms with Gasteiger partial charge >= 0.3 is 0 Å². The van der Waals surface area contributed by atoms with E-state index in [4.69, 9.17) is 4.74 Å². The van der Waals surface area contributed by atoms with Gasteiger partial charge < -0.3 is 25.4 Å². The van der Waals surface area contributed by atoms with Crippen molar-refractivity contribution in [1.29, 1.82) is 0 Å². The molecule has 3 rings (SSSR count). The van der Waals surface area contributed by atoms with Gasteiger partial charge in [-0.25, -0.2) is 4.39 Å². The van der Waals surface area contributed by atoms with Crippen LogP contribution in [0.25, 0.3) is 0 Å². The summed E-state index contributed by atoms with van der Waals surface area (Å²) in [6, 6.07) is 11.3. The standard InChI is InChI=1S/C29H41FN4O3.C4H8/c1-8-34(27(36)26(35)31-7)17-23-20(2)11-9-14-24(23)32-15-21-12-10-13-22(25(21)30)16-33-18-28(3,4)37-29(5,6)19-33;1-3-4-2/h8-14,27,32,36H,1,15-19H2,2-7H3,(H,31,35);3H,1,4H2,2H3. The molecule has 0 bridgehead atoms. The summed E-state index contributed by atoms with van der Waals surface area (Å²) in [7, 11) is 1.47. The lowest BCUT2D eigenvalue weighted by atomic mass is 9.98. The Bertz CT molecular complexity index is 1170. The normalized spacial score (nSPS) is 16.5. The zero-order valence-corrected chi connectivity index (χ0v) is 25.9. The lowest BCUT2D eigenvalue weighted by Gasteiger charge is -2.47. The Labute approximate surface area is 246 Å². The van der Waals surface area contributed by atoms with Crippen molar-refractivity contribution < 1.29 is 19.0 Å². The molecule has 1 fully saturated rings. The number of hydrogen-bond acceptors (Lipinski definition) is 6. The summed E-state index contributed by atoms with van der Waals surface area (Å²) >= 11 is 0. The monoisotopic (exact) mass is 568 g/mol. The van der Waals surface area contributed by atoms with Gasteiger partial charge in [-0.1, -0.05) is 49.9 Å². The van der Waals surface area contributed by atoms with Gasteiger partial charge in [-0.15, -0.1) is 6.58 Å². The Kier molecular flexibility index (Phi) is 12.6. The molecule has 0 aromatic heterocycles. The van der Waals surface area contributed by atoms with Gasteiger partial charge in [-0.05, 0) is 64.4 Å². The van der Waals surface area contributed by atoms with Crippen LogP contribution in [0, 0.1) is 12.7 Å². The second-order valence-electron chi connectivity index (χ2n) is 11.7. The number of ether oxygens (including phenoxy) is 1. The fraction of sp³-hybridized carbons (Fsp3) is 0.485. The first kappa shape index (κ1) is 34.0. The quantitative estimate of drug-likeness (QED) is 0.238. The number of aryl methyl sites for hydroxylation is 1. The highest BCUT2D eigenvalue weighted by atomic mass is 19.1. The number of carbonyl (C=O) groups excluding carboxylic acids is 1. The molecule has 1 aliphatic heterocycles. The van der Waals surface area contributed by atoms with E-state index in [9.17, 15) is 9.90 Å². The van der Waals surface area contributed by atoms with Crippen molar-refractivity contribution in [3.05, 3.63) is 89.9 Å². The minimum atomic E-state index is -1.36. The molecular formula is C33H49FN4O3. The Morgan fingerprint density at radius 2 is 1.73 bits per heavy atom. The Morgan fingerprint density at radius 3 is 2.29 bits per heavy atom. The largest absolute Gasteiger partial charge is 0.381 e. The summed E-state index contributed by atoms with van der Waals surface area (Å²) in [5, 5.41) is 16.2. The van der Waals surface area contributed by atoms with Gasteiger partial charge in [0.2, 0.25) is 6.23 Å². The number of benzene rings is 2. The number of nitrogens with zero attached hydrogens (tertiary/aromatic N) is 2. The first-order valence-electron chi connectivity index (χ1n) is 14.2. The number of allylic oxidation sites excluding steroid dienone is 1. The van der Waals surface area contributed by atoms with E-state index >= 15 is 4.39 Å². The molecule has 1 heterocycles. The van der Waals surface area contributed by atoms with Crippen LogP contribution in [0.3, 0.4) is 0 Å². The zero-order valence-electron chi connectivity index (χ0n) is 25.9. The average Bonchev–Trinajstić information content (AvgIpc) is 2.90. The minimum absolute atomic E-state index is 0.214. The van der Waals surface area contributed by atoms with Crippen LogP contribution in [0.2, 0.25) is 0 Å². The zero-order chi connectivity index (χ0) is 30.8. The third-order valence-electron chi connectivity index (χ3n) is 6.85. The molecule has 7 nitrogen and oxygen atoms in total. The molecule has 2 aromatic carbocycles. The van der Waals surface area contributed by atoms with E-state index in [0.29, 0.717) is 24.2 Å². The molecule has 41 heavy (non-hydrogen) atoms. The number of morpholine rings is 1. The van der Waals surface area contributed by atoms with Crippen LogP contribution in [0.1, 0.15) is 63.3 Å². The molecule has 0 saturated carbocycles. The number of anilines is 1. The van der Waals surface area contributed by atoms with Crippen molar-refractivity contribution >= 4 is 11.6 Å². The number of nitrogens with one attached hydrogen (secondary N) is 2. The van der Waals surface area contributed by atoms with Gasteiger partial charge in [0.25, 0.3) is 5.91 Å². The van der Waals surface area contributed by atoms with Crippen LogP contribution >= 0.6 is 0 Å². The van der Waals surface area contributed by atoms with Crippen molar-refractivity contribution in [1.82, 2.24) is 15.1 Å². The number of halogens is 1. The van der Waals surface area contributed by atoms with Crippen molar-refractivity contribution in [2.24, 2.45) is 0 Å². The van der Waals surface area contributed by atoms with Crippen LogP contribution in [-0.4, -0.2) is 58.4 Å². The summed E-state index contributed by atoms with van der Waals surface area (Å²) in [6.07, 6.45) is 3.03. The predicted octanol–water partition coefficient (Wildman–Crippen LogP) is 5.73.